The van der Waals surface area contributed by atoms with Crippen LogP contribution in [0, 0.1) is 5.92 Å². The van der Waals surface area contributed by atoms with Crippen LogP contribution in [0.1, 0.15) is 28.8 Å². The van der Waals surface area contributed by atoms with Crippen molar-refractivity contribution < 1.29 is 29.8 Å². The number of hydrogen-bond acceptors (Lipinski definition) is 4. The lowest BCUT2D eigenvalue weighted by atomic mass is 9.94. The Morgan fingerprint density at radius 3 is 2.45 bits per heavy atom. The number of amides is 1. The Hall–Kier alpha value is -2.41. The number of hydroxylamine groups is 1. The summed E-state index contributed by atoms with van der Waals surface area (Å²) < 4.78 is 0. The molecule has 1 aromatic rings. The molecule has 0 saturated heterocycles. The molecule has 7 heteroatoms. The van der Waals surface area contributed by atoms with E-state index < -0.39 is 23.8 Å². The van der Waals surface area contributed by atoms with E-state index >= 15 is 0 Å². The maximum Gasteiger partial charge on any atom is 0.335 e. The predicted molar refractivity (Wildman–Crippen MR) is 67.4 cm³/mol. The normalized spacial score (nSPS) is 11.7. The summed E-state index contributed by atoms with van der Waals surface area (Å²) in [7, 11) is 0. The zero-order valence-corrected chi connectivity index (χ0v) is 10.6. The number of benzene rings is 1. The Kier molecular flexibility index (Phi) is 5.67. The van der Waals surface area contributed by atoms with Gasteiger partial charge in [-0.15, -0.1) is 0 Å². The molecular weight excluding hydrogens is 266 g/mol. The van der Waals surface area contributed by atoms with Gasteiger partial charge < -0.3 is 10.2 Å². The van der Waals surface area contributed by atoms with Gasteiger partial charge in [-0.2, -0.15) is 0 Å². The molecule has 20 heavy (non-hydrogen) atoms. The fourth-order valence-corrected chi connectivity index (χ4v) is 1.79. The first-order chi connectivity index (χ1) is 9.43. The molecule has 1 amide bonds. The highest BCUT2D eigenvalue weighted by atomic mass is 16.5. The first-order valence-electron chi connectivity index (χ1n) is 5.92. The summed E-state index contributed by atoms with van der Waals surface area (Å²) in [5, 5.41) is 26.3. The van der Waals surface area contributed by atoms with Gasteiger partial charge in [0.25, 0.3) is 0 Å². The third kappa shape index (κ3) is 4.69. The fourth-order valence-electron chi connectivity index (χ4n) is 1.79. The maximum atomic E-state index is 11.1. The highest BCUT2D eigenvalue weighted by Gasteiger charge is 2.19. The third-order valence-corrected chi connectivity index (χ3v) is 2.85. The first kappa shape index (κ1) is 15.6. The summed E-state index contributed by atoms with van der Waals surface area (Å²) in [5.74, 6) is -3.64. The average molecular weight is 281 g/mol. The number of aromatic carboxylic acids is 1. The molecule has 7 nitrogen and oxygen atoms in total. The second-order valence-corrected chi connectivity index (χ2v) is 4.32. The fraction of sp³-hybridized carbons (Fsp3) is 0.308. The van der Waals surface area contributed by atoms with Gasteiger partial charge in [-0.05, 0) is 30.5 Å². The number of carboxylic acid groups (broad SMARTS) is 2. The Labute approximate surface area is 114 Å². The summed E-state index contributed by atoms with van der Waals surface area (Å²) in [5.41, 5.74) is 2.09. The van der Waals surface area contributed by atoms with Crippen molar-refractivity contribution in [2.45, 2.75) is 19.3 Å². The third-order valence-electron chi connectivity index (χ3n) is 2.85. The standard InChI is InChI=1S/C13H15NO6/c15-11(14-20)5-4-10(13(18)19)7-8-2-1-3-9(6-8)12(16)17/h1-3,6,10,20H,4-5,7H2,(H,14,15)(H,16,17)(H,18,19). The Morgan fingerprint density at radius 1 is 1.20 bits per heavy atom. The topological polar surface area (TPSA) is 124 Å². The van der Waals surface area contributed by atoms with Crippen LogP contribution in [0.5, 0.6) is 0 Å². The van der Waals surface area contributed by atoms with Crippen molar-refractivity contribution in [2.24, 2.45) is 5.92 Å². The molecule has 1 rings (SSSR count). The second kappa shape index (κ2) is 7.25. The van der Waals surface area contributed by atoms with Gasteiger partial charge in [0.2, 0.25) is 5.91 Å². The van der Waals surface area contributed by atoms with Crippen LogP contribution in [0.4, 0.5) is 0 Å². The van der Waals surface area contributed by atoms with Gasteiger partial charge in [0.05, 0.1) is 11.5 Å². The maximum absolute atomic E-state index is 11.1. The van der Waals surface area contributed by atoms with Gasteiger partial charge in [0.15, 0.2) is 0 Å². The van der Waals surface area contributed by atoms with Crippen molar-refractivity contribution in [2.75, 3.05) is 0 Å². The molecule has 0 aliphatic heterocycles. The predicted octanol–water partition coefficient (Wildman–Crippen LogP) is 0.914. The largest absolute Gasteiger partial charge is 0.481 e. The Morgan fingerprint density at radius 2 is 1.90 bits per heavy atom. The van der Waals surface area contributed by atoms with Crippen molar-refractivity contribution in [1.82, 2.24) is 5.48 Å². The van der Waals surface area contributed by atoms with Crippen molar-refractivity contribution in [3.8, 4) is 0 Å². The lowest BCUT2D eigenvalue weighted by Crippen LogP contribution is -2.23. The van der Waals surface area contributed by atoms with Gasteiger partial charge in [-0.25, -0.2) is 10.3 Å². The summed E-state index contributed by atoms with van der Waals surface area (Å²) in [4.78, 5) is 32.8. The van der Waals surface area contributed by atoms with E-state index in [9.17, 15) is 14.4 Å². The average Bonchev–Trinajstić information content (AvgIpc) is 2.42. The molecular formula is C13H15NO6. The highest BCUT2D eigenvalue weighted by Crippen LogP contribution is 2.16. The second-order valence-electron chi connectivity index (χ2n) is 4.32. The number of hydrogen-bond donors (Lipinski definition) is 4. The van der Waals surface area contributed by atoms with Gasteiger partial charge in [-0.3, -0.25) is 14.8 Å². The molecule has 1 atom stereocenters. The first-order valence-corrected chi connectivity index (χ1v) is 5.92. The van der Waals surface area contributed by atoms with Crippen LogP contribution in [-0.2, 0) is 16.0 Å². The van der Waals surface area contributed by atoms with Crippen LogP contribution in [-0.4, -0.2) is 33.3 Å². The minimum Gasteiger partial charge on any atom is -0.481 e. The molecule has 108 valence electrons. The zero-order valence-electron chi connectivity index (χ0n) is 10.6. The number of nitrogens with one attached hydrogen (secondary N) is 1. The molecule has 0 heterocycles. The molecule has 0 saturated carbocycles. The van der Waals surface area contributed by atoms with Crippen LogP contribution in [0.3, 0.4) is 0 Å². The van der Waals surface area contributed by atoms with E-state index in [0.717, 1.165) is 0 Å². The molecule has 0 aliphatic carbocycles. The molecule has 0 fully saturated rings. The van der Waals surface area contributed by atoms with Crippen LogP contribution in [0.15, 0.2) is 24.3 Å². The number of carbonyl (C=O) groups excluding carboxylic acids is 1. The number of carbonyl (C=O) groups is 3. The minimum absolute atomic E-state index is 0.0546. The lowest BCUT2D eigenvalue weighted by Gasteiger charge is -2.12. The zero-order chi connectivity index (χ0) is 15.1. The van der Waals surface area contributed by atoms with Crippen molar-refractivity contribution >= 4 is 17.8 Å². The van der Waals surface area contributed by atoms with Gasteiger partial charge >= 0.3 is 11.9 Å². The van der Waals surface area contributed by atoms with E-state index in [2.05, 4.69) is 0 Å². The molecule has 0 spiro atoms. The monoisotopic (exact) mass is 281 g/mol. The van der Waals surface area contributed by atoms with Crippen molar-refractivity contribution in [3.63, 3.8) is 0 Å². The van der Waals surface area contributed by atoms with Crippen molar-refractivity contribution in [3.05, 3.63) is 35.4 Å². The van der Waals surface area contributed by atoms with E-state index in [1.165, 1.54) is 23.7 Å². The van der Waals surface area contributed by atoms with E-state index in [1.807, 2.05) is 0 Å². The van der Waals surface area contributed by atoms with Gasteiger partial charge in [-0.1, -0.05) is 12.1 Å². The molecule has 1 aromatic carbocycles. The smallest absolute Gasteiger partial charge is 0.335 e. The molecule has 4 N–H and O–H groups in total. The number of carboxylic acids is 2. The van der Waals surface area contributed by atoms with Crippen LogP contribution in [0.25, 0.3) is 0 Å². The van der Waals surface area contributed by atoms with Crippen LogP contribution in [0.2, 0.25) is 0 Å². The van der Waals surface area contributed by atoms with E-state index in [1.54, 1.807) is 6.07 Å². The van der Waals surface area contributed by atoms with Crippen LogP contribution < -0.4 is 5.48 Å². The Balaban J connectivity index is 2.75. The van der Waals surface area contributed by atoms with Crippen LogP contribution >= 0.6 is 0 Å². The summed E-state index contributed by atoms with van der Waals surface area (Å²) in [6.07, 6.45) is 0.0558. The Bertz CT molecular complexity index is 513. The molecule has 0 aliphatic rings. The molecule has 0 radical (unpaired) electrons. The van der Waals surface area contributed by atoms with Gasteiger partial charge in [0, 0.05) is 6.42 Å². The van der Waals surface area contributed by atoms with Gasteiger partial charge in [0.1, 0.15) is 0 Å². The lowest BCUT2D eigenvalue weighted by molar-refractivity contribution is -0.142. The number of rotatable bonds is 7. The number of aliphatic carboxylic acids is 1. The highest BCUT2D eigenvalue weighted by molar-refractivity contribution is 5.87. The summed E-state index contributed by atoms with van der Waals surface area (Å²) in [6.45, 7) is 0. The van der Waals surface area contributed by atoms with E-state index in [0.29, 0.717) is 5.56 Å². The SMILES string of the molecule is O=C(CCC(Cc1cccc(C(=O)O)c1)C(=O)O)NO. The van der Waals surface area contributed by atoms with E-state index in [-0.39, 0.29) is 24.8 Å². The summed E-state index contributed by atoms with van der Waals surface area (Å²) in [6, 6.07) is 6.00. The summed E-state index contributed by atoms with van der Waals surface area (Å²) >= 11 is 0. The molecule has 0 aromatic heterocycles. The van der Waals surface area contributed by atoms with E-state index in [4.69, 9.17) is 15.4 Å². The molecule has 1 unspecified atom stereocenters. The van der Waals surface area contributed by atoms with Crippen molar-refractivity contribution in [1.29, 1.82) is 0 Å². The molecule has 0 bridgehead atoms. The quantitative estimate of drug-likeness (QED) is 0.435. The minimum atomic E-state index is -1.08.